The van der Waals surface area contributed by atoms with Gasteiger partial charge in [-0.05, 0) is 11.6 Å². The molecule has 5 nitrogen and oxygen atoms in total. The zero-order chi connectivity index (χ0) is 18.3. The largest absolute Gasteiger partial charge is 0.352 e. The average molecular weight is 364 g/mol. The number of benzene rings is 2. The van der Waals surface area contributed by atoms with Crippen molar-refractivity contribution < 1.29 is 17.6 Å². The maximum Gasteiger partial charge on any atom is 0.221 e. The standard InChI is InChI=1S/C18H21FN2O3S/c1-25(23,24)21(14-15-7-3-2-4-8-15)12-11-18(22)20-13-16-9-5-6-10-17(16)19/h2-10H,11-14H2,1H3,(H,20,22). The summed E-state index contributed by atoms with van der Waals surface area (Å²) in [5.74, 6) is -0.713. The molecule has 0 saturated heterocycles. The van der Waals surface area contributed by atoms with Gasteiger partial charge in [0.1, 0.15) is 5.82 Å². The lowest BCUT2D eigenvalue weighted by molar-refractivity contribution is -0.121. The van der Waals surface area contributed by atoms with Gasteiger partial charge in [-0.15, -0.1) is 0 Å². The van der Waals surface area contributed by atoms with Crippen LogP contribution in [0.4, 0.5) is 4.39 Å². The van der Waals surface area contributed by atoms with Crippen molar-refractivity contribution in [2.24, 2.45) is 0 Å². The Labute approximate surface area is 147 Å². The molecule has 0 saturated carbocycles. The molecule has 7 heteroatoms. The third-order valence-electron chi connectivity index (χ3n) is 3.69. The summed E-state index contributed by atoms with van der Waals surface area (Å²) in [5.41, 5.74) is 1.24. The summed E-state index contributed by atoms with van der Waals surface area (Å²) in [6.45, 7) is 0.347. The second kappa shape index (κ2) is 8.73. The number of nitrogens with zero attached hydrogens (tertiary/aromatic N) is 1. The van der Waals surface area contributed by atoms with Crippen LogP contribution in [0.1, 0.15) is 17.5 Å². The maximum absolute atomic E-state index is 13.5. The zero-order valence-electron chi connectivity index (χ0n) is 14.0. The van der Waals surface area contributed by atoms with Gasteiger partial charge in [-0.3, -0.25) is 4.79 Å². The van der Waals surface area contributed by atoms with Crippen LogP contribution in [0.3, 0.4) is 0 Å². The molecule has 0 spiro atoms. The normalized spacial score (nSPS) is 11.5. The molecule has 0 heterocycles. The van der Waals surface area contributed by atoms with Crippen molar-refractivity contribution in [3.05, 3.63) is 71.5 Å². The van der Waals surface area contributed by atoms with Crippen LogP contribution in [0.5, 0.6) is 0 Å². The van der Waals surface area contributed by atoms with E-state index in [1.807, 2.05) is 30.3 Å². The van der Waals surface area contributed by atoms with Crippen LogP contribution in [0, 0.1) is 5.82 Å². The van der Waals surface area contributed by atoms with E-state index in [-0.39, 0.29) is 37.8 Å². The number of hydrogen-bond acceptors (Lipinski definition) is 3. The molecule has 0 radical (unpaired) electrons. The summed E-state index contributed by atoms with van der Waals surface area (Å²) in [5, 5.41) is 2.61. The molecule has 0 bridgehead atoms. The van der Waals surface area contributed by atoms with E-state index in [2.05, 4.69) is 5.32 Å². The number of hydrogen-bond donors (Lipinski definition) is 1. The fraction of sp³-hybridized carbons (Fsp3) is 0.278. The molecule has 1 amide bonds. The quantitative estimate of drug-likeness (QED) is 0.782. The van der Waals surface area contributed by atoms with E-state index < -0.39 is 10.0 Å². The number of sulfonamides is 1. The van der Waals surface area contributed by atoms with Crippen molar-refractivity contribution in [1.82, 2.24) is 9.62 Å². The van der Waals surface area contributed by atoms with Crippen LogP contribution < -0.4 is 5.32 Å². The Balaban J connectivity index is 1.89. The molecule has 2 aromatic carbocycles. The van der Waals surface area contributed by atoms with Crippen LogP contribution >= 0.6 is 0 Å². The molecule has 2 rings (SSSR count). The molecule has 1 N–H and O–H groups in total. The molecule has 134 valence electrons. The monoisotopic (exact) mass is 364 g/mol. The van der Waals surface area contributed by atoms with Crippen molar-refractivity contribution in [3.8, 4) is 0 Å². The molecule has 0 aliphatic carbocycles. The van der Waals surface area contributed by atoms with Crippen molar-refractivity contribution >= 4 is 15.9 Å². The van der Waals surface area contributed by atoms with E-state index >= 15 is 0 Å². The smallest absolute Gasteiger partial charge is 0.221 e. The minimum absolute atomic E-state index is 0.00829. The summed E-state index contributed by atoms with van der Waals surface area (Å²) in [4.78, 5) is 12.0. The number of carbonyl (C=O) groups is 1. The zero-order valence-corrected chi connectivity index (χ0v) is 14.8. The Bertz CT molecular complexity index is 810. The summed E-state index contributed by atoms with van der Waals surface area (Å²) in [6.07, 6.45) is 1.13. The van der Waals surface area contributed by atoms with Gasteiger partial charge in [-0.1, -0.05) is 48.5 Å². The summed E-state index contributed by atoms with van der Waals surface area (Å²) >= 11 is 0. The Morgan fingerprint density at radius 1 is 1.08 bits per heavy atom. The fourth-order valence-electron chi connectivity index (χ4n) is 2.30. The lowest BCUT2D eigenvalue weighted by atomic mass is 10.2. The number of rotatable bonds is 8. The molecular weight excluding hydrogens is 343 g/mol. The third kappa shape index (κ3) is 6.28. The Hall–Kier alpha value is -2.25. The minimum atomic E-state index is -3.44. The first-order valence-corrected chi connectivity index (χ1v) is 9.70. The summed E-state index contributed by atoms with van der Waals surface area (Å²) in [6, 6.07) is 15.4. The van der Waals surface area contributed by atoms with Gasteiger partial charge in [0, 0.05) is 31.6 Å². The van der Waals surface area contributed by atoms with Gasteiger partial charge in [0.15, 0.2) is 0 Å². The lowest BCUT2D eigenvalue weighted by Crippen LogP contribution is -2.34. The highest BCUT2D eigenvalue weighted by Gasteiger charge is 2.18. The van der Waals surface area contributed by atoms with Crippen molar-refractivity contribution in [3.63, 3.8) is 0 Å². The number of halogens is 1. The molecule has 0 aliphatic heterocycles. The molecule has 25 heavy (non-hydrogen) atoms. The van der Waals surface area contributed by atoms with Crippen LogP contribution in [0.15, 0.2) is 54.6 Å². The molecular formula is C18H21FN2O3S. The van der Waals surface area contributed by atoms with Crippen LogP contribution in [-0.4, -0.2) is 31.4 Å². The van der Waals surface area contributed by atoms with E-state index in [0.29, 0.717) is 5.56 Å². The lowest BCUT2D eigenvalue weighted by Gasteiger charge is -2.19. The van der Waals surface area contributed by atoms with E-state index in [1.165, 1.54) is 10.4 Å². The highest BCUT2D eigenvalue weighted by molar-refractivity contribution is 7.88. The minimum Gasteiger partial charge on any atom is -0.352 e. The van der Waals surface area contributed by atoms with Gasteiger partial charge in [0.25, 0.3) is 0 Å². The number of amides is 1. The summed E-state index contributed by atoms with van der Waals surface area (Å²) < 4.78 is 38.6. The average Bonchev–Trinajstić information content (AvgIpc) is 2.57. The summed E-state index contributed by atoms with van der Waals surface area (Å²) in [7, 11) is -3.44. The second-order valence-corrected chi connectivity index (χ2v) is 7.68. The molecule has 0 aromatic heterocycles. The topological polar surface area (TPSA) is 66.5 Å². The van der Waals surface area contributed by atoms with E-state index in [9.17, 15) is 17.6 Å². The number of nitrogens with one attached hydrogen (secondary N) is 1. The van der Waals surface area contributed by atoms with Gasteiger partial charge in [0.2, 0.25) is 15.9 Å². The van der Waals surface area contributed by atoms with Gasteiger partial charge < -0.3 is 5.32 Å². The van der Waals surface area contributed by atoms with Crippen LogP contribution in [0.2, 0.25) is 0 Å². The molecule has 0 fully saturated rings. The van der Waals surface area contributed by atoms with Crippen LogP contribution in [0.25, 0.3) is 0 Å². The Morgan fingerprint density at radius 2 is 1.72 bits per heavy atom. The van der Waals surface area contributed by atoms with Gasteiger partial charge in [-0.2, -0.15) is 4.31 Å². The van der Waals surface area contributed by atoms with Crippen LogP contribution in [-0.2, 0) is 27.9 Å². The third-order valence-corrected chi connectivity index (χ3v) is 4.94. The predicted molar refractivity (Wildman–Crippen MR) is 94.6 cm³/mol. The predicted octanol–water partition coefficient (Wildman–Crippen LogP) is 2.29. The van der Waals surface area contributed by atoms with E-state index in [0.717, 1.165) is 11.8 Å². The SMILES string of the molecule is CS(=O)(=O)N(CCC(=O)NCc1ccccc1F)Cc1ccccc1. The maximum atomic E-state index is 13.5. The highest BCUT2D eigenvalue weighted by atomic mass is 32.2. The fourth-order valence-corrected chi connectivity index (χ4v) is 3.11. The van der Waals surface area contributed by atoms with Crippen molar-refractivity contribution in [2.45, 2.75) is 19.5 Å². The number of carbonyl (C=O) groups excluding carboxylic acids is 1. The molecule has 0 aliphatic rings. The first-order valence-electron chi connectivity index (χ1n) is 7.85. The van der Waals surface area contributed by atoms with E-state index in [1.54, 1.807) is 18.2 Å². The molecule has 0 atom stereocenters. The van der Waals surface area contributed by atoms with Crippen molar-refractivity contribution in [2.75, 3.05) is 12.8 Å². The molecule has 2 aromatic rings. The molecule has 0 unspecified atom stereocenters. The Kier molecular flexibility index (Phi) is 6.66. The van der Waals surface area contributed by atoms with E-state index in [4.69, 9.17) is 0 Å². The van der Waals surface area contributed by atoms with Crippen molar-refractivity contribution in [1.29, 1.82) is 0 Å². The first-order chi connectivity index (χ1) is 11.9. The first kappa shape index (κ1) is 19.1. The highest BCUT2D eigenvalue weighted by Crippen LogP contribution is 2.09. The van der Waals surface area contributed by atoms with Gasteiger partial charge in [0.05, 0.1) is 6.26 Å². The van der Waals surface area contributed by atoms with Gasteiger partial charge >= 0.3 is 0 Å². The van der Waals surface area contributed by atoms with Gasteiger partial charge in [-0.25, -0.2) is 12.8 Å². The second-order valence-electron chi connectivity index (χ2n) is 5.70. The Morgan fingerprint density at radius 3 is 2.36 bits per heavy atom.